The molecule has 0 saturated carbocycles. The number of aryl methyl sites for hydroxylation is 1. The van der Waals surface area contributed by atoms with Crippen LogP contribution in [-0.2, 0) is 6.42 Å². The first kappa shape index (κ1) is 11.6. The number of benzene rings is 1. The molecule has 3 rings (SSSR count). The molecule has 0 saturated heterocycles. The van der Waals surface area contributed by atoms with Gasteiger partial charge in [0.05, 0.1) is 23.0 Å². The lowest BCUT2D eigenvalue weighted by molar-refractivity contribution is 0.0922. The van der Waals surface area contributed by atoms with Crippen molar-refractivity contribution in [2.45, 2.75) is 19.4 Å². The number of hydrogen-bond donors (Lipinski definition) is 2. The summed E-state index contributed by atoms with van der Waals surface area (Å²) in [4.78, 5) is 20.4. The summed E-state index contributed by atoms with van der Waals surface area (Å²) in [7, 11) is 0. The predicted octanol–water partition coefficient (Wildman–Crippen LogP) is 1.39. The van der Waals surface area contributed by atoms with Crippen LogP contribution in [0.5, 0.6) is 0 Å². The molecule has 19 heavy (non-hydrogen) atoms. The number of aromatic nitrogens is 2. The highest BCUT2D eigenvalue weighted by Crippen LogP contribution is 2.26. The SMILES string of the molecule is Cc1nc(N)nc2c1C(=O)NC(c1ccccc1)C2. The average molecular weight is 254 g/mol. The maximum absolute atomic E-state index is 12.2. The van der Waals surface area contributed by atoms with E-state index in [1.807, 2.05) is 30.3 Å². The van der Waals surface area contributed by atoms with Crippen molar-refractivity contribution in [1.82, 2.24) is 15.3 Å². The Morgan fingerprint density at radius 3 is 2.74 bits per heavy atom. The normalized spacial score (nSPS) is 17.7. The molecule has 1 aromatic carbocycles. The van der Waals surface area contributed by atoms with Crippen LogP contribution in [0.15, 0.2) is 30.3 Å². The standard InChI is InChI=1S/C14H14N4O/c1-8-12-11(18-14(15)16-8)7-10(17-13(12)19)9-5-3-2-4-6-9/h2-6,10H,7H2,1H3,(H,17,19)(H2,15,16,18). The number of hydrogen-bond acceptors (Lipinski definition) is 4. The summed E-state index contributed by atoms with van der Waals surface area (Å²) in [6.45, 7) is 1.78. The fourth-order valence-corrected chi connectivity index (χ4v) is 2.46. The molecule has 1 aliphatic rings. The van der Waals surface area contributed by atoms with Gasteiger partial charge in [0.2, 0.25) is 5.95 Å². The highest BCUT2D eigenvalue weighted by molar-refractivity contribution is 5.97. The van der Waals surface area contributed by atoms with Crippen LogP contribution in [0.2, 0.25) is 0 Å². The molecule has 2 aromatic rings. The molecule has 96 valence electrons. The summed E-state index contributed by atoms with van der Waals surface area (Å²) in [5.74, 6) is 0.0883. The smallest absolute Gasteiger partial charge is 0.255 e. The zero-order valence-corrected chi connectivity index (χ0v) is 10.6. The lowest BCUT2D eigenvalue weighted by Gasteiger charge is -2.26. The number of carbonyl (C=O) groups is 1. The van der Waals surface area contributed by atoms with E-state index in [-0.39, 0.29) is 17.9 Å². The van der Waals surface area contributed by atoms with E-state index in [0.29, 0.717) is 17.7 Å². The van der Waals surface area contributed by atoms with Crippen LogP contribution >= 0.6 is 0 Å². The van der Waals surface area contributed by atoms with Crippen molar-refractivity contribution in [2.24, 2.45) is 0 Å². The second-order valence-electron chi connectivity index (χ2n) is 4.63. The lowest BCUT2D eigenvalue weighted by Crippen LogP contribution is -2.37. The zero-order valence-electron chi connectivity index (χ0n) is 10.6. The number of amides is 1. The Hall–Kier alpha value is -2.43. The fourth-order valence-electron chi connectivity index (χ4n) is 2.46. The second-order valence-corrected chi connectivity index (χ2v) is 4.63. The highest BCUT2D eigenvalue weighted by Gasteiger charge is 2.28. The van der Waals surface area contributed by atoms with Gasteiger partial charge in [0, 0.05) is 6.42 Å². The molecule has 0 fully saturated rings. The van der Waals surface area contributed by atoms with Gasteiger partial charge in [-0.3, -0.25) is 4.79 Å². The van der Waals surface area contributed by atoms with Crippen LogP contribution in [0, 0.1) is 6.92 Å². The minimum atomic E-state index is -0.132. The van der Waals surface area contributed by atoms with Gasteiger partial charge in [-0.1, -0.05) is 30.3 Å². The number of anilines is 1. The van der Waals surface area contributed by atoms with Crippen molar-refractivity contribution < 1.29 is 4.79 Å². The third-order valence-electron chi connectivity index (χ3n) is 3.31. The molecule has 1 unspecified atom stereocenters. The van der Waals surface area contributed by atoms with E-state index in [9.17, 15) is 4.79 Å². The maximum Gasteiger partial charge on any atom is 0.255 e. The molecule has 1 amide bonds. The molecule has 0 bridgehead atoms. The molecule has 5 nitrogen and oxygen atoms in total. The van der Waals surface area contributed by atoms with E-state index in [0.717, 1.165) is 11.3 Å². The predicted molar refractivity (Wildman–Crippen MR) is 71.5 cm³/mol. The van der Waals surface area contributed by atoms with Crippen molar-refractivity contribution in [3.8, 4) is 0 Å². The third kappa shape index (κ3) is 2.03. The molecular weight excluding hydrogens is 240 g/mol. The summed E-state index contributed by atoms with van der Waals surface area (Å²) in [5.41, 5.74) is 8.64. The first-order valence-electron chi connectivity index (χ1n) is 6.14. The van der Waals surface area contributed by atoms with Gasteiger partial charge in [0.1, 0.15) is 0 Å². The largest absolute Gasteiger partial charge is 0.368 e. The number of nitrogens with one attached hydrogen (secondary N) is 1. The average Bonchev–Trinajstić information content (AvgIpc) is 2.38. The number of fused-ring (bicyclic) bond motifs is 1. The zero-order chi connectivity index (χ0) is 13.4. The maximum atomic E-state index is 12.2. The van der Waals surface area contributed by atoms with Gasteiger partial charge in [-0.25, -0.2) is 9.97 Å². The second kappa shape index (κ2) is 4.35. The monoisotopic (exact) mass is 254 g/mol. The van der Waals surface area contributed by atoms with Crippen LogP contribution in [0.3, 0.4) is 0 Å². The van der Waals surface area contributed by atoms with E-state index in [4.69, 9.17) is 5.73 Å². The van der Waals surface area contributed by atoms with Gasteiger partial charge in [0.25, 0.3) is 5.91 Å². The van der Waals surface area contributed by atoms with Gasteiger partial charge >= 0.3 is 0 Å². The summed E-state index contributed by atoms with van der Waals surface area (Å²) < 4.78 is 0. The summed E-state index contributed by atoms with van der Waals surface area (Å²) in [6.07, 6.45) is 0.638. The topological polar surface area (TPSA) is 80.9 Å². The lowest BCUT2D eigenvalue weighted by atomic mass is 9.94. The van der Waals surface area contributed by atoms with Gasteiger partial charge in [-0.2, -0.15) is 0 Å². The molecule has 5 heteroatoms. The number of carbonyl (C=O) groups excluding carboxylic acids is 1. The van der Waals surface area contributed by atoms with Crippen molar-refractivity contribution in [3.05, 3.63) is 52.8 Å². The third-order valence-corrected chi connectivity index (χ3v) is 3.31. The van der Waals surface area contributed by atoms with Crippen molar-refractivity contribution in [3.63, 3.8) is 0 Å². The number of nitrogen functional groups attached to an aromatic ring is 1. The van der Waals surface area contributed by atoms with E-state index in [2.05, 4.69) is 15.3 Å². The Labute approximate surface area is 110 Å². The minimum absolute atomic E-state index is 0.0603. The Balaban J connectivity index is 2.03. The van der Waals surface area contributed by atoms with E-state index < -0.39 is 0 Å². The Bertz CT molecular complexity index is 639. The minimum Gasteiger partial charge on any atom is -0.368 e. The van der Waals surface area contributed by atoms with Crippen LogP contribution < -0.4 is 11.1 Å². The summed E-state index contributed by atoms with van der Waals surface area (Å²) in [6, 6.07) is 9.79. The van der Waals surface area contributed by atoms with Gasteiger partial charge < -0.3 is 11.1 Å². The number of nitrogens with zero attached hydrogens (tertiary/aromatic N) is 2. The first-order chi connectivity index (χ1) is 9.15. The van der Waals surface area contributed by atoms with Crippen molar-refractivity contribution in [1.29, 1.82) is 0 Å². The molecule has 3 N–H and O–H groups in total. The highest BCUT2D eigenvalue weighted by atomic mass is 16.1. The number of rotatable bonds is 1. The van der Waals surface area contributed by atoms with Crippen molar-refractivity contribution >= 4 is 11.9 Å². The van der Waals surface area contributed by atoms with E-state index >= 15 is 0 Å². The summed E-state index contributed by atoms with van der Waals surface area (Å²) >= 11 is 0. The van der Waals surface area contributed by atoms with Crippen LogP contribution in [-0.4, -0.2) is 15.9 Å². The van der Waals surface area contributed by atoms with Gasteiger partial charge in [-0.05, 0) is 12.5 Å². The number of nitrogens with two attached hydrogens (primary N) is 1. The van der Waals surface area contributed by atoms with Crippen LogP contribution in [0.1, 0.15) is 33.4 Å². The molecule has 0 aliphatic carbocycles. The Morgan fingerprint density at radius 2 is 2.00 bits per heavy atom. The van der Waals surface area contributed by atoms with E-state index in [1.165, 1.54) is 0 Å². The fraction of sp³-hybridized carbons (Fsp3) is 0.214. The molecule has 0 spiro atoms. The molecule has 1 aliphatic heterocycles. The molecule has 2 heterocycles. The molecular formula is C14H14N4O. The van der Waals surface area contributed by atoms with Crippen LogP contribution in [0.25, 0.3) is 0 Å². The quantitative estimate of drug-likeness (QED) is 0.806. The Kier molecular flexibility index (Phi) is 2.67. The summed E-state index contributed by atoms with van der Waals surface area (Å²) in [5, 5.41) is 2.99. The molecule has 0 radical (unpaired) electrons. The molecule has 1 atom stereocenters. The van der Waals surface area contributed by atoms with Crippen molar-refractivity contribution in [2.75, 3.05) is 5.73 Å². The van der Waals surface area contributed by atoms with Crippen LogP contribution in [0.4, 0.5) is 5.95 Å². The molecule has 1 aromatic heterocycles. The first-order valence-corrected chi connectivity index (χ1v) is 6.14. The van der Waals surface area contributed by atoms with Gasteiger partial charge in [-0.15, -0.1) is 0 Å². The van der Waals surface area contributed by atoms with E-state index in [1.54, 1.807) is 6.92 Å². The van der Waals surface area contributed by atoms with Gasteiger partial charge in [0.15, 0.2) is 0 Å². The Morgan fingerprint density at radius 1 is 1.26 bits per heavy atom.